The smallest absolute Gasteiger partial charge is 0.299 e. The van der Waals surface area contributed by atoms with Gasteiger partial charge in [0, 0.05) is 38.7 Å². The van der Waals surface area contributed by atoms with E-state index < -0.39 is 17.8 Å². The van der Waals surface area contributed by atoms with Crippen LogP contribution in [0.2, 0.25) is 0 Å². The maximum Gasteiger partial charge on any atom is 0.433 e. The molecule has 1 saturated heterocycles. The number of pyridine rings is 1. The lowest BCUT2D eigenvalue weighted by Crippen LogP contribution is -2.39. The van der Waals surface area contributed by atoms with Gasteiger partial charge in [0.1, 0.15) is 5.69 Å². The highest BCUT2D eigenvalue weighted by atomic mass is 19.4. The Morgan fingerprint density at radius 1 is 1.21 bits per heavy atom. The van der Waals surface area contributed by atoms with Crippen LogP contribution < -0.4 is 0 Å². The van der Waals surface area contributed by atoms with E-state index >= 15 is 0 Å². The molecule has 106 valence electrons. The topological polar surface area (TPSA) is 16.1 Å². The van der Waals surface area contributed by atoms with E-state index in [0.717, 1.165) is 6.20 Å². The quantitative estimate of drug-likeness (QED) is 0.772. The number of hydrogen-bond donors (Lipinski definition) is 0. The predicted octanol–water partition coefficient (Wildman–Crippen LogP) is 3.33. The standard InChI is InChI=1S/C12H13F5N2/c13-11(14)3-6-19(7-4-11)8-9-2-1-5-18-10(9)12(15,16)17/h1-2,5H,3-4,6-8H2. The molecular formula is C12H13F5N2. The van der Waals surface area contributed by atoms with Gasteiger partial charge in [-0.05, 0) is 11.6 Å². The summed E-state index contributed by atoms with van der Waals surface area (Å²) in [5, 5.41) is 0. The molecule has 0 aliphatic carbocycles. The lowest BCUT2D eigenvalue weighted by molar-refractivity contribution is -0.142. The van der Waals surface area contributed by atoms with Gasteiger partial charge in [0.05, 0.1) is 0 Å². The van der Waals surface area contributed by atoms with Crippen molar-refractivity contribution in [1.82, 2.24) is 9.88 Å². The molecule has 19 heavy (non-hydrogen) atoms. The van der Waals surface area contributed by atoms with Crippen LogP contribution in [0.5, 0.6) is 0 Å². The van der Waals surface area contributed by atoms with Gasteiger partial charge in [0.15, 0.2) is 0 Å². The number of rotatable bonds is 2. The van der Waals surface area contributed by atoms with Crippen LogP contribution in [0, 0.1) is 0 Å². The number of nitrogens with zero attached hydrogens (tertiary/aromatic N) is 2. The molecule has 0 aromatic carbocycles. The molecule has 7 heteroatoms. The minimum absolute atomic E-state index is 0.00123. The third-order valence-corrected chi connectivity index (χ3v) is 3.14. The van der Waals surface area contributed by atoms with Gasteiger partial charge < -0.3 is 0 Å². The fraction of sp³-hybridized carbons (Fsp3) is 0.583. The van der Waals surface area contributed by atoms with Gasteiger partial charge in [0.2, 0.25) is 0 Å². The fourth-order valence-corrected chi connectivity index (χ4v) is 2.10. The van der Waals surface area contributed by atoms with E-state index in [1.54, 1.807) is 4.90 Å². The van der Waals surface area contributed by atoms with E-state index in [4.69, 9.17) is 0 Å². The molecule has 0 unspecified atom stereocenters. The van der Waals surface area contributed by atoms with Crippen molar-refractivity contribution >= 4 is 0 Å². The Bertz CT molecular complexity index is 434. The normalized spacial score (nSPS) is 20.5. The first-order valence-electron chi connectivity index (χ1n) is 5.89. The monoisotopic (exact) mass is 280 g/mol. The molecule has 1 aliphatic heterocycles. The summed E-state index contributed by atoms with van der Waals surface area (Å²) in [5.41, 5.74) is -0.910. The highest BCUT2D eigenvalue weighted by Crippen LogP contribution is 2.32. The summed E-state index contributed by atoms with van der Waals surface area (Å²) in [6.07, 6.45) is -4.06. The van der Waals surface area contributed by atoms with E-state index in [1.807, 2.05) is 0 Å². The lowest BCUT2D eigenvalue weighted by Gasteiger charge is -2.32. The maximum absolute atomic E-state index is 13.0. The summed E-state index contributed by atoms with van der Waals surface area (Å²) in [5.74, 6) is -2.70. The Morgan fingerprint density at radius 3 is 2.42 bits per heavy atom. The molecule has 2 heterocycles. The molecule has 0 saturated carbocycles. The average Bonchev–Trinajstić information content (AvgIpc) is 2.31. The summed E-state index contributed by atoms with van der Waals surface area (Å²) < 4.78 is 64.1. The van der Waals surface area contributed by atoms with Crippen LogP contribution in [0.1, 0.15) is 24.1 Å². The second kappa shape index (κ2) is 5.03. The minimum atomic E-state index is -4.52. The number of likely N-dealkylation sites (tertiary alicyclic amines) is 1. The number of piperidine rings is 1. The zero-order valence-corrected chi connectivity index (χ0v) is 10.1. The van der Waals surface area contributed by atoms with Crippen LogP contribution in [0.25, 0.3) is 0 Å². The van der Waals surface area contributed by atoms with E-state index in [9.17, 15) is 22.0 Å². The molecule has 0 bridgehead atoms. The summed E-state index contributed by atoms with van der Waals surface area (Å²) in [6, 6.07) is 2.76. The summed E-state index contributed by atoms with van der Waals surface area (Å²) in [6.45, 7) is 0.192. The highest BCUT2D eigenvalue weighted by molar-refractivity contribution is 5.22. The van der Waals surface area contributed by atoms with Crippen molar-refractivity contribution in [1.29, 1.82) is 0 Å². The molecule has 1 aromatic heterocycles. The molecule has 1 aliphatic rings. The van der Waals surface area contributed by atoms with Crippen molar-refractivity contribution in [2.45, 2.75) is 31.5 Å². The number of halogens is 5. The van der Waals surface area contributed by atoms with Crippen LogP contribution in [0.4, 0.5) is 22.0 Å². The number of aromatic nitrogens is 1. The first kappa shape index (κ1) is 14.2. The second-order valence-corrected chi connectivity index (χ2v) is 4.64. The lowest BCUT2D eigenvalue weighted by atomic mass is 10.1. The molecule has 1 aromatic rings. The largest absolute Gasteiger partial charge is 0.433 e. The van der Waals surface area contributed by atoms with Crippen molar-refractivity contribution in [2.24, 2.45) is 0 Å². The first-order valence-corrected chi connectivity index (χ1v) is 5.89. The molecule has 0 radical (unpaired) electrons. The molecule has 0 N–H and O–H groups in total. The van der Waals surface area contributed by atoms with Gasteiger partial charge >= 0.3 is 6.18 Å². The molecule has 2 rings (SSSR count). The molecule has 1 fully saturated rings. The third-order valence-electron chi connectivity index (χ3n) is 3.14. The van der Waals surface area contributed by atoms with Crippen molar-refractivity contribution in [3.05, 3.63) is 29.6 Å². The first-order chi connectivity index (χ1) is 8.78. The Morgan fingerprint density at radius 2 is 1.84 bits per heavy atom. The van der Waals surface area contributed by atoms with Crippen LogP contribution in [-0.2, 0) is 12.7 Å². The average molecular weight is 280 g/mol. The van der Waals surface area contributed by atoms with Gasteiger partial charge in [-0.25, -0.2) is 8.78 Å². The van der Waals surface area contributed by atoms with Crippen molar-refractivity contribution in [3.8, 4) is 0 Å². The Hall–Kier alpha value is -1.24. The zero-order chi connectivity index (χ0) is 14.1. The summed E-state index contributed by atoms with van der Waals surface area (Å²) in [4.78, 5) is 4.95. The summed E-state index contributed by atoms with van der Waals surface area (Å²) >= 11 is 0. The second-order valence-electron chi connectivity index (χ2n) is 4.64. The highest BCUT2D eigenvalue weighted by Gasteiger charge is 2.37. The Kier molecular flexibility index (Phi) is 3.75. The number of alkyl halides is 5. The SMILES string of the molecule is FC1(F)CCN(Cc2cccnc2C(F)(F)F)CC1. The van der Waals surface area contributed by atoms with E-state index in [0.29, 0.717) is 0 Å². The van der Waals surface area contributed by atoms with Crippen LogP contribution in [-0.4, -0.2) is 28.9 Å². The molecule has 0 spiro atoms. The van der Waals surface area contributed by atoms with Gasteiger partial charge in [-0.3, -0.25) is 9.88 Å². The van der Waals surface area contributed by atoms with Crippen molar-refractivity contribution < 1.29 is 22.0 Å². The van der Waals surface area contributed by atoms with Gasteiger partial charge in [0.25, 0.3) is 5.92 Å². The molecule has 0 atom stereocenters. The van der Waals surface area contributed by atoms with E-state index in [2.05, 4.69) is 4.98 Å². The van der Waals surface area contributed by atoms with E-state index in [1.165, 1.54) is 12.1 Å². The van der Waals surface area contributed by atoms with Crippen molar-refractivity contribution in [3.63, 3.8) is 0 Å². The third kappa shape index (κ3) is 3.62. The Balaban J connectivity index is 2.08. The molecule has 0 amide bonds. The number of hydrogen-bond acceptors (Lipinski definition) is 2. The molecular weight excluding hydrogens is 267 g/mol. The maximum atomic E-state index is 13.0. The van der Waals surface area contributed by atoms with Crippen LogP contribution in [0.3, 0.4) is 0 Å². The van der Waals surface area contributed by atoms with Gasteiger partial charge in [-0.1, -0.05) is 6.07 Å². The van der Waals surface area contributed by atoms with Gasteiger partial charge in [-0.2, -0.15) is 13.2 Å². The Labute approximate surface area is 107 Å². The zero-order valence-electron chi connectivity index (χ0n) is 10.1. The minimum Gasteiger partial charge on any atom is -0.299 e. The van der Waals surface area contributed by atoms with Crippen LogP contribution >= 0.6 is 0 Å². The summed E-state index contributed by atoms with van der Waals surface area (Å²) in [7, 11) is 0. The van der Waals surface area contributed by atoms with Crippen LogP contribution in [0.15, 0.2) is 18.3 Å². The van der Waals surface area contributed by atoms with Gasteiger partial charge in [-0.15, -0.1) is 0 Å². The fourth-order valence-electron chi connectivity index (χ4n) is 2.10. The van der Waals surface area contributed by atoms with Crippen molar-refractivity contribution in [2.75, 3.05) is 13.1 Å². The predicted molar refractivity (Wildman–Crippen MR) is 58.7 cm³/mol. The van der Waals surface area contributed by atoms with E-state index in [-0.39, 0.29) is 38.0 Å². The molecule has 2 nitrogen and oxygen atoms in total.